The van der Waals surface area contributed by atoms with Gasteiger partial charge >= 0.3 is 0 Å². The van der Waals surface area contributed by atoms with Crippen molar-refractivity contribution in [2.75, 3.05) is 52.5 Å². The first-order valence-electron chi connectivity index (χ1n) is 11.9. The van der Waals surface area contributed by atoms with Crippen molar-refractivity contribution in [3.8, 4) is 17.6 Å². The summed E-state index contributed by atoms with van der Waals surface area (Å²) in [6.45, 7) is 3.29. The van der Waals surface area contributed by atoms with Gasteiger partial charge in [-0.25, -0.2) is 8.42 Å². The Morgan fingerprint density at radius 1 is 1.00 bits per heavy atom. The van der Waals surface area contributed by atoms with Crippen molar-refractivity contribution in [1.29, 1.82) is 5.26 Å². The second-order valence-electron chi connectivity index (χ2n) is 8.92. The summed E-state index contributed by atoms with van der Waals surface area (Å²) in [4.78, 5) is 17.1. The highest BCUT2D eigenvalue weighted by Crippen LogP contribution is 2.38. The third-order valence-electron chi connectivity index (χ3n) is 6.87. The molecule has 2 aromatic carbocycles. The number of rotatable bonds is 5. The summed E-state index contributed by atoms with van der Waals surface area (Å²) < 4.78 is 38.9. The molecule has 2 aromatic rings. The highest BCUT2D eigenvalue weighted by atomic mass is 32.2. The van der Waals surface area contributed by atoms with E-state index in [0.717, 1.165) is 36.4 Å². The van der Waals surface area contributed by atoms with E-state index in [1.54, 1.807) is 17.0 Å². The molecule has 2 saturated heterocycles. The predicted octanol–water partition coefficient (Wildman–Crippen LogP) is 2.00. The van der Waals surface area contributed by atoms with Gasteiger partial charge in [-0.2, -0.15) is 9.57 Å². The molecular formula is C25H28N4O5S. The Hall–Kier alpha value is -3.13. The topological polar surface area (TPSA) is 103 Å². The average molecular weight is 497 g/mol. The zero-order valence-electron chi connectivity index (χ0n) is 19.4. The fourth-order valence-electron chi connectivity index (χ4n) is 5.03. The van der Waals surface area contributed by atoms with Crippen LogP contribution in [0.15, 0.2) is 47.4 Å². The van der Waals surface area contributed by atoms with E-state index in [9.17, 15) is 18.5 Å². The van der Waals surface area contributed by atoms with E-state index in [0.29, 0.717) is 32.8 Å². The summed E-state index contributed by atoms with van der Waals surface area (Å²) in [6, 6.07) is 14.3. The summed E-state index contributed by atoms with van der Waals surface area (Å²) in [5.74, 6) is 1.51. The zero-order chi connectivity index (χ0) is 24.4. The van der Waals surface area contributed by atoms with E-state index in [2.05, 4.69) is 4.90 Å². The van der Waals surface area contributed by atoms with Gasteiger partial charge in [0, 0.05) is 32.2 Å². The lowest BCUT2D eigenvalue weighted by molar-refractivity contribution is -0.133. The first-order valence-corrected chi connectivity index (χ1v) is 13.3. The number of piperazine rings is 1. The zero-order valence-corrected chi connectivity index (χ0v) is 20.2. The lowest BCUT2D eigenvalue weighted by Crippen LogP contribution is -2.52. The molecule has 2 fully saturated rings. The van der Waals surface area contributed by atoms with Crippen LogP contribution in [0.2, 0.25) is 0 Å². The number of ether oxygens (including phenoxy) is 2. The van der Waals surface area contributed by atoms with E-state index >= 15 is 0 Å². The van der Waals surface area contributed by atoms with Crippen molar-refractivity contribution < 1.29 is 22.7 Å². The van der Waals surface area contributed by atoms with Gasteiger partial charge < -0.3 is 14.4 Å². The molecule has 0 spiro atoms. The van der Waals surface area contributed by atoms with Crippen LogP contribution < -0.4 is 9.47 Å². The maximum absolute atomic E-state index is 13.1. The van der Waals surface area contributed by atoms with Crippen molar-refractivity contribution in [3.63, 3.8) is 0 Å². The minimum absolute atomic E-state index is 0.00363. The van der Waals surface area contributed by atoms with Gasteiger partial charge in [0.2, 0.25) is 15.9 Å². The summed E-state index contributed by atoms with van der Waals surface area (Å²) in [5.41, 5.74) is 1.25. The highest BCUT2D eigenvalue weighted by molar-refractivity contribution is 7.89. The van der Waals surface area contributed by atoms with Gasteiger partial charge in [-0.15, -0.1) is 0 Å². The molecule has 0 radical (unpaired) electrons. The molecule has 1 atom stereocenters. The molecule has 9 nitrogen and oxygen atoms in total. The highest BCUT2D eigenvalue weighted by Gasteiger charge is 2.34. The third kappa shape index (κ3) is 4.72. The smallest absolute Gasteiger partial charge is 0.244 e. The number of nitriles is 1. The van der Waals surface area contributed by atoms with Gasteiger partial charge in [-0.1, -0.05) is 18.2 Å². The Kier molecular flexibility index (Phi) is 6.65. The van der Waals surface area contributed by atoms with Crippen molar-refractivity contribution in [2.24, 2.45) is 0 Å². The fourth-order valence-corrected chi connectivity index (χ4v) is 6.60. The molecule has 3 aliphatic heterocycles. The monoisotopic (exact) mass is 496 g/mol. The summed E-state index contributed by atoms with van der Waals surface area (Å²) >= 11 is 0. The van der Waals surface area contributed by atoms with Crippen molar-refractivity contribution >= 4 is 15.9 Å². The van der Waals surface area contributed by atoms with Crippen LogP contribution in [0.3, 0.4) is 0 Å². The number of amides is 1. The summed E-state index contributed by atoms with van der Waals surface area (Å²) in [5, 5.41) is 9.29. The fraction of sp³-hybridized carbons (Fsp3) is 0.440. The summed E-state index contributed by atoms with van der Waals surface area (Å²) in [7, 11) is -3.79. The molecule has 0 unspecified atom stereocenters. The molecule has 10 heteroatoms. The van der Waals surface area contributed by atoms with Gasteiger partial charge in [0.05, 0.1) is 17.0 Å². The number of nitrogens with zero attached hydrogens (tertiary/aromatic N) is 4. The Morgan fingerprint density at radius 3 is 2.51 bits per heavy atom. The maximum atomic E-state index is 13.1. The lowest BCUT2D eigenvalue weighted by Gasteiger charge is -2.35. The van der Waals surface area contributed by atoms with E-state index in [1.807, 2.05) is 24.3 Å². The molecule has 5 rings (SSSR count). The average Bonchev–Trinajstić information content (AvgIpc) is 3.36. The number of likely N-dealkylation sites (tertiary alicyclic amines) is 1. The van der Waals surface area contributed by atoms with Crippen LogP contribution in [0.4, 0.5) is 0 Å². The molecule has 0 aromatic heterocycles. The van der Waals surface area contributed by atoms with Gasteiger partial charge in [0.1, 0.15) is 19.3 Å². The van der Waals surface area contributed by atoms with Crippen molar-refractivity contribution in [2.45, 2.75) is 23.8 Å². The number of fused-ring (bicyclic) bond motifs is 1. The second kappa shape index (κ2) is 9.85. The predicted molar refractivity (Wildman–Crippen MR) is 127 cm³/mol. The third-order valence-corrected chi connectivity index (χ3v) is 8.83. The molecule has 35 heavy (non-hydrogen) atoms. The van der Waals surface area contributed by atoms with Crippen LogP contribution in [0.25, 0.3) is 0 Å². The second-order valence-corrected chi connectivity index (χ2v) is 10.8. The largest absolute Gasteiger partial charge is 0.486 e. The number of carbonyl (C=O) groups excluding carboxylic acids is 1. The van der Waals surface area contributed by atoms with Gasteiger partial charge in [-0.05, 0) is 49.2 Å². The first kappa shape index (κ1) is 23.6. The quantitative estimate of drug-likeness (QED) is 0.624. The van der Waals surface area contributed by atoms with Gasteiger partial charge in [0.15, 0.2) is 11.5 Å². The molecule has 184 valence electrons. The van der Waals surface area contributed by atoms with E-state index < -0.39 is 10.0 Å². The van der Waals surface area contributed by atoms with Crippen molar-refractivity contribution in [1.82, 2.24) is 14.1 Å². The SMILES string of the molecule is N#Cc1ccccc1S(=O)(=O)N1CCN(C(=O)CN2CCC[C@@H]2c2ccc3c(c2)OCCO3)CC1. The normalized spacial score (nSPS) is 21.0. The number of benzene rings is 2. The maximum Gasteiger partial charge on any atom is 0.244 e. The van der Waals surface area contributed by atoms with E-state index in [1.165, 1.54) is 16.4 Å². The molecule has 3 aliphatic rings. The minimum atomic E-state index is -3.79. The van der Waals surface area contributed by atoms with Crippen LogP contribution in [0, 0.1) is 11.3 Å². The molecule has 0 aliphatic carbocycles. The Morgan fingerprint density at radius 2 is 1.74 bits per heavy atom. The van der Waals surface area contributed by atoms with Crippen LogP contribution >= 0.6 is 0 Å². The summed E-state index contributed by atoms with van der Waals surface area (Å²) in [6.07, 6.45) is 1.98. The number of carbonyl (C=O) groups is 1. The molecule has 0 N–H and O–H groups in total. The molecule has 0 bridgehead atoms. The number of hydrogen-bond donors (Lipinski definition) is 0. The van der Waals surface area contributed by atoms with Crippen LogP contribution in [-0.4, -0.2) is 80.9 Å². The van der Waals surface area contributed by atoms with Crippen LogP contribution in [0.1, 0.15) is 30.0 Å². The minimum Gasteiger partial charge on any atom is -0.486 e. The van der Waals surface area contributed by atoms with E-state index in [4.69, 9.17) is 9.47 Å². The first-order chi connectivity index (χ1) is 17.0. The molecular weight excluding hydrogens is 468 g/mol. The van der Waals surface area contributed by atoms with E-state index in [-0.39, 0.29) is 35.5 Å². The standard InChI is InChI=1S/C25H28N4O5S/c26-17-20-4-1-2-6-24(20)35(31,32)29-12-10-27(11-13-29)25(30)18-28-9-3-5-21(28)19-7-8-22-23(16-19)34-15-14-33-22/h1-2,4,6-8,16,21H,3,5,9-15,18H2/t21-/m1/s1. The number of hydrogen-bond acceptors (Lipinski definition) is 7. The lowest BCUT2D eigenvalue weighted by atomic mass is 10.0. The van der Waals surface area contributed by atoms with Gasteiger partial charge in [-0.3, -0.25) is 9.69 Å². The van der Waals surface area contributed by atoms with Crippen LogP contribution in [-0.2, 0) is 14.8 Å². The molecule has 3 heterocycles. The van der Waals surface area contributed by atoms with Crippen LogP contribution in [0.5, 0.6) is 11.5 Å². The van der Waals surface area contributed by atoms with Gasteiger partial charge in [0.25, 0.3) is 0 Å². The Balaban J connectivity index is 1.21. The Labute approximate surface area is 205 Å². The molecule has 0 saturated carbocycles. The molecule has 1 amide bonds. The van der Waals surface area contributed by atoms with Crippen molar-refractivity contribution in [3.05, 3.63) is 53.6 Å². The number of sulfonamides is 1. The Bertz CT molecular complexity index is 1250.